The number of anilines is 1. The van der Waals surface area contributed by atoms with Crippen LogP contribution < -0.4 is 15.5 Å². The molecule has 1 fully saturated rings. The van der Waals surface area contributed by atoms with Gasteiger partial charge in [-0.25, -0.2) is 0 Å². The zero-order valence-corrected chi connectivity index (χ0v) is 19.9. The van der Waals surface area contributed by atoms with Crippen molar-refractivity contribution < 1.29 is 0 Å². The molecule has 6 heteroatoms. The smallest absolute Gasteiger partial charge is 0.191 e. The minimum atomic E-state index is 0. The quantitative estimate of drug-likeness (QED) is 0.247. The minimum absolute atomic E-state index is 0. The number of para-hydroxylation sites is 2. The molecule has 0 amide bonds. The molecule has 0 saturated carbocycles. The maximum absolute atomic E-state index is 4.86. The Morgan fingerprint density at radius 3 is 2.73 bits per heavy atom. The number of hydrogen-bond donors (Lipinski definition) is 3. The number of aromatic nitrogens is 1. The van der Waals surface area contributed by atoms with Crippen LogP contribution in [0.15, 0.2) is 65.8 Å². The van der Waals surface area contributed by atoms with Crippen molar-refractivity contribution in [1.82, 2.24) is 15.6 Å². The lowest BCUT2D eigenvalue weighted by atomic mass is 10.1. The molecule has 0 aliphatic carbocycles. The Labute approximate surface area is 196 Å². The number of aliphatic imine (C=N–C) groups is 1. The fourth-order valence-corrected chi connectivity index (χ4v) is 4.07. The van der Waals surface area contributed by atoms with Crippen LogP contribution in [0.4, 0.5) is 5.69 Å². The van der Waals surface area contributed by atoms with Gasteiger partial charge in [0.1, 0.15) is 0 Å². The summed E-state index contributed by atoms with van der Waals surface area (Å²) in [5.41, 5.74) is 3.87. The van der Waals surface area contributed by atoms with Gasteiger partial charge in [0.05, 0.1) is 0 Å². The van der Waals surface area contributed by atoms with E-state index in [1.807, 2.05) is 0 Å². The summed E-state index contributed by atoms with van der Waals surface area (Å²) in [6, 6.07) is 19.2. The third-order valence-electron chi connectivity index (χ3n) is 5.62. The Hall–Kier alpha value is -2.22. The Morgan fingerprint density at radius 2 is 1.90 bits per heavy atom. The van der Waals surface area contributed by atoms with Crippen LogP contribution in [0.1, 0.15) is 18.9 Å². The van der Waals surface area contributed by atoms with Gasteiger partial charge in [-0.15, -0.1) is 24.0 Å². The van der Waals surface area contributed by atoms with Gasteiger partial charge >= 0.3 is 0 Å². The van der Waals surface area contributed by atoms with Crippen LogP contribution in [0, 0.1) is 5.92 Å². The predicted octanol–water partition coefficient (Wildman–Crippen LogP) is 4.41. The van der Waals surface area contributed by atoms with Crippen molar-refractivity contribution in [3.63, 3.8) is 0 Å². The summed E-state index contributed by atoms with van der Waals surface area (Å²) in [4.78, 5) is 10.7. The number of fused-ring (bicyclic) bond motifs is 1. The maximum Gasteiger partial charge on any atom is 0.191 e. The van der Waals surface area contributed by atoms with Gasteiger partial charge in [-0.1, -0.05) is 36.4 Å². The monoisotopic (exact) mass is 517 g/mol. The summed E-state index contributed by atoms with van der Waals surface area (Å²) >= 11 is 0. The van der Waals surface area contributed by atoms with Crippen LogP contribution >= 0.6 is 24.0 Å². The van der Waals surface area contributed by atoms with Crippen molar-refractivity contribution in [3.8, 4) is 0 Å². The van der Waals surface area contributed by atoms with Crippen molar-refractivity contribution in [3.05, 3.63) is 66.4 Å². The maximum atomic E-state index is 4.86. The first-order valence-corrected chi connectivity index (χ1v) is 10.7. The number of benzene rings is 2. The van der Waals surface area contributed by atoms with E-state index in [9.17, 15) is 0 Å². The zero-order chi connectivity index (χ0) is 19.9. The molecule has 1 aliphatic rings. The molecule has 0 spiro atoms. The fraction of sp³-hybridized carbons (Fsp3) is 0.375. The minimum Gasteiger partial charge on any atom is -0.371 e. The Morgan fingerprint density at radius 1 is 1.10 bits per heavy atom. The van der Waals surface area contributed by atoms with Crippen LogP contribution in [0.5, 0.6) is 0 Å². The highest BCUT2D eigenvalue weighted by molar-refractivity contribution is 14.0. The number of H-pyrrole nitrogens is 1. The molecular formula is C24H32IN5. The van der Waals surface area contributed by atoms with Crippen molar-refractivity contribution in [2.75, 3.05) is 37.6 Å². The number of guanidine groups is 1. The second-order valence-electron chi connectivity index (χ2n) is 7.69. The van der Waals surface area contributed by atoms with E-state index in [1.165, 1.54) is 28.6 Å². The second kappa shape index (κ2) is 11.2. The molecule has 1 aliphatic heterocycles. The van der Waals surface area contributed by atoms with Crippen LogP contribution in [0.25, 0.3) is 10.9 Å². The molecular weight excluding hydrogens is 485 g/mol. The zero-order valence-electron chi connectivity index (χ0n) is 17.6. The molecule has 1 atom stereocenters. The second-order valence-corrected chi connectivity index (χ2v) is 7.69. The lowest BCUT2D eigenvalue weighted by molar-refractivity contribution is 0.599. The highest BCUT2D eigenvalue weighted by atomic mass is 127. The third kappa shape index (κ3) is 5.68. The summed E-state index contributed by atoms with van der Waals surface area (Å²) in [6.45, 7) is 6.93. The lowest BCUT2D eigenvalue weighted by Gasteiger charge is -2.18. The largest absolute Gasteiger partial charge is 0.371 e. The molecule has 1 aromatic heterocycles. The van der Waals surface area contributed by atoms with Crippen molar-refractivity contribution in [1.29, 1.82) is 0 Å². The first-order chi connectivity index (χ1) is 14.3. The summed E-state index contributed by atoms with van der Waals surface area (Å²) < 4.78 is 0. The van der Waals surface area contributed by atoms with Crippen LogP contribution in [0.2, 0.25) is 0 Å². The van der Waals surface area contributed by atoms with Crippen molar-refractivity contribution >= 4 is 46.5 Å². The van der Waals surface area contributed by atoms with E-state index in [-0.39, 0.29) is 24.0 Å². The van der Waals surface area contributed by atoms with Gasteiger partial charge in [0.25, 0.3) is 0 Å². The first kappa shape index (κ1) is 22.5. The molecule has 3 aromatic rings. The lowest BCUT2D eigenvalue weighted by Crippen LogP contribution is -2.38. The molecule has 0 radical (unpaired) electrons. The molecule has 3 N–H and O–H groups in total. The van der Waals surface area contributed by atoms with Gasteiger partial charge in [0.2, 0.25) is 0 Å². The van der Waals surface area contributed by atoms with Gasteiger partial charge in [0, 0.05) is 55.5 Å². The Bertz CT molecular complexity index is 937. The molecule has 4 rings (SSSR count). The predicted molar refractivity (Wildman–Crippen MR) is 138 cm³/mol. The Kier molecular flexibility index (Phi) is 8.42. The van der Waals surface area contributed by atoms with Crippen molar-refractivity contribution in [2.45, 2.75) is 19.8 Å². The van der Waals surface area contributed by atoms with E-state index < -0.39 is 0 Å². The normalized spacial score (nSPS) is 16.5. The topological polar surface area (TPSA) is 55.5 Å². The van der Waals surface area contributed by atoms with Crippen LogP contribution in [-0.2, 0) is 6.42 Å². The molecule has 2 heterocycles. The summed E-state index contributed by atoms with van der Waals surface area (Å²) in [6.07, 6.45) is 4.29. The first-order valence-electron chi connectivity index (χ1n) is 10.7. The Balaban J connectivity index is 0.00000256. The number of hydrogen-bond acceptors (Lipinski definition) is 2. The number of rotatable bonds is 7. The van der Waals surface area contributed by atoms with E-state index in [1.54, 1.807) is 0 Å². The molecule has 1 unspecified atom stereocenters. The summed E-state index contributed by atoms with van der Waals surface area (Å²) in [7, 11) is 0. The van der Waals surface area contributed by atoms with Crippen LogP contribution in [0.3, 0.4) is 0 Å². The van der Waals surface area contributed by atoms with Gasteiger partial charge in [-0.3, -0.25) is 4.99 Å². The summed E-state index contributed by atoms with van der Waals surface area (Å²) in [5.74, 6) is 1.53. The molecule has 2 aromatic carbocycles. The average molecular weight is 517 g/mol. The van der Waals surface area contributed by atoms with Gasteiger partial charge < -0.3 is 20.5 Å². The number of nitrogens with zero attached hydrogens (tertiary/aromatic N) is 2. The standard InChI is InChI=1S/C24H31N5.HI/c1-2-25-24(26-14-12-20-17-27-23-11-7-6-10-22(20)23)28-16-19-13-15-29(18-19)21-8-4-3-5-9-21;/h3-11,17,19,27H,2,12-16,18H2,1H3,(H2,25,26,28);1H. The molecule has 1 saturated heterocycles. The van der Waals surface area contributed by atoms with Gasteiger partial charge in [0.15, 0.2) is 5.96 Å². The van der Waals surface area contributed by atoms with Gasteiger partial charge in [-0.2, -0.15) is 0 Å². The van der Waals surface area contributed by atoms with E-state index in [0.717, 1.165) is 45.1 Å². The van der Waals surface area contributed by atoms with Crippen LogP contribution in [-0.4, -0.2) is 43.7 Å². The van der Waals surface area contributed by atoms with E-state index in [0.29, 0.717) is 5.92 Å². The van der Waals surface area contributed by atoms with Gasteiger partial charge in [-0.05, 0) is 49.4 Å². The average Bonchev–Trinajstić information content (AvgIpc) is 3.40. The highest BCUT2D eigenvalue weighted by Crippen LogP contribution is 2.23. The third-order valence-corrected chi connectivity index (χ3v) is 5.62. The van der Waals surface area contributed by atoms with E-state index in [4.69, 9.17) is 4.99 Å². The molecule has 160 valence electrons. The SMILES string of the molecule is CCNC(=NCC1CCN(c2ccccc2)C1)NCCc1c[nH]c2ccccc12.I. The number of halogens is 1. The molecule has 30 heavy (non-hydrogen) atoms. The van der Waals surface area contributed by atoms with E-state index in [2.05, 4.69) is 88.2 Å². The molecule has 5 nitrogen and oxygen atoms in total. The number of aromatic amines is 1. The van der Waals surface area contributed by atoms with Crippen molar-refractivity contribution in [2.24, 2.45) is 10.9 Å². The van der Waals surface area contributed by atoms with E-state index >= 15 is 0 Å². The highest BCUT2D eigenvalue weighted by Gasteiger charge is 2.22. The molecule has 0 bridgehead atoms. The fourth-order valence-electron chi connectivity index (χ4n) is 4.07. The summed E-state index contributed by atoms with van der Waals surface area (Å²) in [5, 5.41) is 8.19. The number of nitrogens with one attached hydrogen (secondary N) is 3.